The Balaban J connectivity index is 1.41. The lowest BCUT2D eigenvalue weighted by Gasteiger charge is -2.23. The molecule has 0 unspecified atom stereocenters. The van der Waals surface area contributed by atoms with Crippen molar-refractivity contribution in [2.45, 2.75) is 13.0 Å². The molecule has 1 heterocycles. The van der Waals surface area contributed by atoms with Gasteiger partial charge < -0.3 is 5.32 Å². The molecule has 0 saturated heterocycles. The molecule has 0 spiro atoms. The highest BCUT2D eigenvalue weighted by atomic mass is 16.2. The molecule has 0 aliphatic heterocycles. The first kappa shape index (κ1) is 21.1. The molecule has 1 N–H and O–H groups in total. The quantitative estimate of drug-likeness (QED) is 0.431. The fourth-order valence-electron chi connectivity index (χ4n) is 3.41. The molecule has 0 saturated carbocycles. The third-order valence-corrected chi connectivity index (χ3v) is 4.99. The van der Waals surface area contributed by atoms with Crippen molar-refractivity contribution >= 4 is 17.4 Å². The van der Waals surface area contributed by atoms with Crippen LogP contribution in [0.5, 0.6) is 0 Å². The molecule has 160 valence electrons. The van der Waals surface area contributed by atoms with Crippen LogP contribution in [0.15, 0.2) is 108 Å². The van der Waals surface area contributed by atoms with Crippen molar-refractivity contribution in [1.29, 1.82) is 0 Å². The summed E-state index contributed by atoms with van der Waals surface area (Å²) in [4.78, 5) is 26.8. The zero-order chi connectivity index (χ0) is 22.2. The highest BCUT2D eigenvalue weighted by Gasteiger charge is 2.17. The molecule has 0 aliphatic rings. The number of aryl methyl sites for hydroxylation is 1. The van der Waals surface area contributed by atoms with Gasteiger partial charge in [-0.25, -0.2) is 9.48 Å². The van der Waals surface area contributed by atoms with Crippen LogP contribution in [0.4, 0.5) is 16.2 Å². The molecule has 0 radical (unpaired) electrons. The van der Waals surface area contributed by atoms with E-state index in [1.807, 2.05) is 91.0 Å². The number of hydrogen-bond acceptors (Lipinski definition) is 3. The smallest absolute Gasteiger partial charge is 0.326 e. The van der Waals surface area contributed by atoms with Gasteiger partial charge in [0.2, 0.25) is 0 Å². The fraction of sp³-hybridized carbons (Fsp3) is 0.115. The van der Waals surface area contributed by atoms with E-state index in [9.17, 15) is 9.59 Å². The lowest BCUT2D eigenvalue weighted by Crippen LogP contribution is -2.38. The first-order chi connectivity index (χ1) is 15.7. The molecule has 4 rings (SSSR count). The average molecular weight is 425 g/mol. The number of anilines is 2. The third kappa shape index (κ3) is 5.10. The summed E-state index contributed by atoms with van der Waals surface area (Å²) in [6, 6.07) is 31.8. The predicted molar refractivity (Wildman–Crippen MR) is 127 cm³/mol. The summed E-state index contributed by atoms with van der Waals surface area (Å²) in [5.74, 6) is 0. The Labute approximate surface area is 186 Å². The lowest BCUT2D eigenvalue weighted by molar-refractivity contribution is 0.248. The maximum Gasteiger partial charge on any atom is 0.326 e. The van der Waals surface area contributed by atoms with Crippen LogP contribution < -0.4 is 15.8 Å². The van der Waals surface area contributed by atoms with Gasteiger partial charge in [0, 0.05) is 24.7 Å². The Kier molecular flexibility index (Phi) is 6.72. The van der Waals surface area contributed by atoms with Crippen molar-refractivity contribution in [3.63, 3.8) is 0 Å². The Hall–Kier alpha value is -4.19. The number of para-hydroxylation sites is 2. The fourth-order valence-corrected chi connectivity index (χ4v) is 3.41. The number of nitrogens with zero attached hydrogens (tertiary/aromatic N) is 3. The SMILES string of the molecule is O=C(NCCCn1nc(-c2ccccc2)ccc1=O)N(c1ccccc1)c1ccccc1. The molecule has 6 heteroatoms. The first-order valence-corrected chi connectivity index (χ1v) is 10.5. The van der Waals surface area contributed by atoms with Crippen molar-refractivity contribution in [3.8, 4) is 11.3 Å². The van der Waals surface area contributed by atoms with E-state index in [1.165, 1.54) is 10.7 Å². The van der Waals surface area contributed by atoms with Gasteiger partial charge in [-0.1, -0.05) is 66.7 Å². The van der Waals surface area contributed by atoms with Crippen LogP contribution in [0.1, 0.15) is 6.42 Å². The van der Waals surface area contributed by atoms with Crippen LogP contribution in [-0.4, -0.2) is 22.4 Å². The van der Waals surface area contributed by atoms with Gasteiger partial charge in [-0.2, -0.15) is 5.10 Å². The monoisotopic (exact) mass is 424 g/mol. The highest BCUT2D eigenvalue weighted by molar-refractivity contribution is 5.99. The first-order valence-electron chi connectivity index (χ1n) is 10.5. The van der Waals surface area contributed by atoms with Gasteiger partial charge in [0.1, 0.15) is 0 Å². The average Bonchev–Trinajstić information content (AvgIpc) is 2.85. The van der Waals surface area contributed by atoms with Crippen LogP contribution in [0.25, 0.3) is 11.3 Å². The topological polar surface area (TPSA) is 67.2 Å². The number of nitrogens with one attached hydrogen (secondary N) is 1. The van der Waals surface area contributed by atoms with E-state index in [4.69, 9.17) is 0 Å². The van der Waals surface area contributed by atoms with E-state index in [2.05, 4.69) is 10.4 Å². The molecule has 32 heavy (non-hydrogen) atoms. The molecule has 0 bridgehead atoms. The van der Waals surface area contributed by atoms with Gasteiger partial charge >= 0.3 is 6.03 Å². The van der Waals surface area contributed by atoms with E-state index in [0.717, 1.165) is 22.6 Å². The molecule has 6 nitrogen and oxygen atoms in total. The van der Waals surface area contributed by atoms with Crippen LogP contribution >= 0.6 is 0 Å². The Morgan fingerprint density at radius 2 is 1.34 bits per heavy atom. The molecule has 1 aromatic heterocycles. The van der Waals surface area contributed by atoms with Gasteiger partial charge in [0.25, 0.3) is 5.56 Å². The number of aromatic nitrogens is 2. The summed E-state index contributed by atoms with van der Waals surface area (Å²) in [6.07, 6.45) is 0.578. The van der Waals surface area contributed by atoms with Crippen molar-refractivity contribution < 1.29 is 4.79 Å². The van der Waals surface area contributed by atoms with E-state index in [0.29, 0.717) is 19.5 Å². The van der Waals surface area contributed by atoms with Gasteiger partial charge in [-0.3, -0.25) is 9.69 Å². The standard InChI is InChI=1S/C26H24N4O2/c31-25-18-17-24(21-11-4-1-5-12-21)28-29(25)20-10-19-27-26(32)30(22-13-6-2-7-14-22)23-15-8-3-9-16-23/h1-9,11-18H,10,19-20H2,(H,27,32). The Bertz CT molecular complexity index is 1170. The summed E-state index contributed by atoms with van der Waals surface area (Å²) < 4.78 is 1.45. The number of carbonyl (C=O) groups excluding carboxylic acids is 1. The third-order valence-electron chi connectivity index (χ3n) is 4.99. The summed E-state index contributed by atoms with van der Waals surface area (Å²) in [5, 5.41) is 7.43. The second-order valence-electron chi connectivity index (χ2n) is 7.24. The molecular weight excluding hydrogens is 400 g/mol. The number of amides is 2. The normalized spacial score (nSPS) is 10.5. The van der Waals surface area contributed by atoms with Crippen LogP contribution in [0.3, 0.4) is 0 Å². The lowest BCUT2D eigenvalue weighted by atomic mass is 10.1. The zero-order valence-electron chi connectivity index (χ0n) is 17.6. The maximum absolute atomic E-state index is 13.0. The molecule has 2 amide bonds. The minimum Gasteiger partial charge on any atom is -0.337 e. The Morgan fingerprint density at radius 3 is 1.94 bits per heavy atom. The zero-order valence-corrected chi connectivity index (χ0v) is 17.6. The minimum absolute atomic E-state index is 0.161. The number of hydrogen-bond donors (Lipinski definition) is 1. The molecule has 0 aliphatic carbocycles. The molecule has 0 fully saturated rings. The van der Waals surface area contributed by atoms with Crippen molar-refractivity contribution in [1.82, 2.24) is 15.1 Å². The van der Waals surface area contributed by atoms with E-state index in [-0.39, 0.29) is 11.6 Å². The van der Waals surface area contributed by atoms with E-state index >= 15 is 0 Å². The van der Waals surface area contributed by atoms with Crippen molar-refractivity contribution in [2.75, 3.05) is 11.4 Å². The number of carbonyl (C=O) groups is 1. The highest BCUT2D eigenvalue weighted by Crippen LogP contribution is 2.24. The molecular formula is C26H24N4O2. The van der Waals surface area contributed by atoms with Gasteiger partial charge in [-0.05, 0) is 36.8 Å². The molecule has 0 atom stereocenters. The van der Waals surface area contributed by atoms with Crippen molar-refractivity contribution in [3.05, 3.63) is 113 Å². The second-order valence-corrected chi connectivity index (χ2v) is 7.24. The Morgan fingerprint density at radius 1 is 0.781 bits per heavy atom. The number of rotatable bonds is 7. The van der Waals surface area contributed by atoms with Crippen LogP contribution in [0, 0.1) is 0 Å². The summed E-state index contributed by atoms with van der Waals surface area (Å²) in [5.41, 5.74) is 3.10. The van der Waals surface area contributed by atoms with E-state index < -0.39 is 0 Å². The van der Waals surface area contributed by atoms with Crippen LogP contribution in [-0.2, 0) is 6.54 Å². The molecule has 3 aromatic carbocycles. The summed E-state index contributed by atoms with van der Waals surface area (Å²) in [6.45, 7) is 0.829. The van der Waals surface area contributed by atoms with Crippen molar-refractivity contribution in [2.24, 2.45) is 0 Å². The van der Waals surface area contributed by atoms with Gasteiger partial charge in [0.15, 0.2) is 0 Å². The summed E-state index contributed by atoms with van der Waals surface area (Å²) >= 11 is 0. The minimum atomic E-state index is -0.222. The number of benzene rings is 3. The van der Waals surface area contributed by atoms with Gasteiger partial charge in [-0.15, -0.1) is 0 Å². The van der Waals surface area contributed by atoms with Gasteiger partial charge in [0.05, 0.1) is 17.1 Å². The number of urea groups is 1. The largest absolute Gasteiger partial charge is 0.337 e. The molecule has 4 aromatic rings. The van der Waals surface area contributed by atoms with Crippen LogP contribution in [0.2, 0.25) is 0 Å². The second kappa shape index (κ2) is 10.2. The van der Waals surface area contributed by atoms with E-state index in [1.54, 1.807) is 11.0 Å². The maximum atomic E-state index is 13.0. The predicted octanol–water partition coefficient (Wildman–Crippen LogP) is 4.85. The summed E-state index contributed by atoms with van der Waals surface area (Å²) in [7, 11) is 0.